The second kappa shape index (κ2) is 7.99. The summed E-state index contributed by atoms with van der Waals surface area (Å²) < 4.78 is 19.2. The van der Waals surface area contributed by atoms with Gasteiger partial charge >= 0.3 is 0 Å². The highest BCUT2D eigenvalue weighted by molar-refractivity contribution is 5.94. The van der Waals surface area contributed by atoms with E-state index in [2.05, 4.69) is 20.4 Å². The number of nitrogens with one attached hydrogen (secondary N) is 1. The Kier molecular flexibility index (Phi) is 5.08. The van der Waals surface area contributed by atoms with E-state index in [9.17, 15) is 9.18 Å². The quantitative estimate of drug-likeness (QED) is 0.309. The van der Waals surface area contributed by atoms with Gasteiger partial charge in [0, 0.05) is 35.1 Å². The number of halogens is 1. The van der Waals surface area contributed by atoms with Gasteiger partial charge in [-0.15, -0.1) is 0 Å². The summed E-state index contributed by atoms with van der Waals surface area (Å²) in [7, 11) is 0. The van der Waals surface area contributed by atoms with E-state index in [1.165, 1.54) is 12.1 Å². The van der Waals surface area contributed by atoms with E-state index >= 15 is 0 Å². The highest BCUT2D eigenvalue weighted by Gasteiger charge is 2.24. The molecule has 1 unspecified atom stereocenters. The lowest BCUT2D eigenvalue weighted by Gasteiger charge is -2.18. The molecule has 0 spiro atoms. The fourth-order valence-corrected chi connectivity index (χ4v) is 2.98. The third kappa shape index (κ3) is 3.87. The third-order valence-electron chi connectivity index (χ3n) is 4.30. The van der Waals surface area contributed by atoms with Crippen molar-refractivity contribution >= 4 is 16.8 Å². The van der Waals surface area contributed by atoms with Gasteiger partial charge in [-0.25, -0.2) is 10.2 Å². The first-order chi connectivity index (χ1) is 14.2. The van der Waals surface area contributed by atoms with Crippen molar-refractivity contribution in [2.24, 2.45) is 5.84 Å². The number of rotatable bonds is 5. The number of hydrogen-bond donors (Lipinski definition) is 2. The molecule has 3 N–H and O–H groups in total. The molecule has 7 nitrogen and oxygen atoms in total. The molecule has 0 aliphatic carbocycles. The van der Waals surface area contributed by atoms with Crippen LogP contribution in [-0.2, 0) is 4.79 Å². The molecule has 4 aromatic rings. The molecule has 29 heavy (non-hydrogen) atoms. The molecular formula is C21H16FN5O2. The number of nitrogens with two attached hydrogens (primary N) is 1. The summed E-state index contributed by atoms with van der Waals surface area (Å²) in [4.78, 5) is 24.9. The fraction of sp³-hybridized carbons (Fsp3) is 0.0476. The fourth-order valence-electron chi connectivity index (χ4n) is 2.98. The van der Waals surface area contributed by atoms with Gasteiger partial charge in [0.2, 0.25) is 6.10 Å². The number of amides is 1. The van der Waals surface area contributed by atoms with E-state index in [0.29, 0.717) is 5.75 Å². The first-order valence-electron chi connectivity index (χ1n) is 8.73. The van der Waals surface area contributed by atoms with E-state index in [1.54, 1.807) is 30.7 Å². The Morgan fingerprint density at radius 2 is 1.93 bits per heavy atom. The molecule has 0 radical (unpaired) electrons. The van der Waals surface area contributed by atoms with Crippen molar-refractivity contribution in [3.05, 3.63) is 84.8 Å². The Labute approximate surface area is 165 Å². The van der Waals surface area contributed by atoms with Crippen molar-refractivity contribution in [3.8, 4) is 16.9 Å². The van der Waals surface area contributed by atoms with E-state index in [1.807, 2.05) is 24.3 Å². The van der Waals surface area contributed by atoms with Crippen LogP contribution in [0.15, 0.2) is 73.3 Å². The van der Waals surface area contributed by atoms with Crippen LogP contribution in [0.2, 0.25) is 0 Å². The summed E-state index contributed by atoms with van der Waals surface area (Å²) in [6, 6.07) is 13.5. The van der Waals surface area contributed by atoms with Crippen molar-refractivity contribution in [2.45, 2.75) is 6.10 Å². The Balaban J connectivity index is 1.80. The maximum atomic E-state index is 13.2. The van der Waals surface area contributed by atoms with Gasteiger partial charge in [0.25, 0.3) is 5.91 Å². The van der Waals surface area contributed by atoms with Crippen LogP contribution in [0.3, 0.4) is 0 Å². The zero-order chi connectivity index (χ0) is 20.2. The SMILES string of the molecule is NNC(=O)C(Oc1cc(-c2cccnc2)c2ncccc2c1)c1ccc(F)cn1. The van der Waals surface area contributed by atoms with Gasteiger partial charge in [-0.3, -0.25) is 25.2 Å². The highest BCUT2D eigenvalue weighted by Crippen LogP contribution is 2.33. The number of pyridine rings is 3. The summed E-state index contributed by atoms with van der Waals surface area (Å²) in [5.41, 5.74) is 4.70. The van der Waals surface area contributed by atoms with Crippen LogP contribution in [-0.4, -0.2) is 20.9 Å². The lowest BCUT2D eigenvalue weighted by Crippen LogP contribution is -2.37. The maximum Gasteiger partial charge on any atom is 0.281 e. The zero-order valence-electron chi connectivity index (χ0n) is 15.1. The molecule has 0 bridgehead atoms. The molecule has 0 aliphatic rings. The van der Waals surface area contributed by atoms with Crippen LogP contribution in [0.25, 0.3) is 22.0 Å². The molecule has 3 aromatic heterocycles. The van der Waals surface area contributed by atoms with Crippen LogP contribution in [0.1, 0.15) is 11.8 Å². The molecule has 0 fully saturated rings. The molecule has 1 amide bonds. The minimum atomic E-state index is -1.16. The largest absolute Gasteiger partial charge is 0.474 e. The molecule has 0 saturated carbocycles. The van der Waals surface area contributed by atoms with Crippen molar-refractivity contribution in [2.75, 3.05) is 0 Å². The normalized spacial score (nSPS) is 11.8. The minimum absolute atomic E-state index is 0.226. The molecule has 1 atom stereocenters. The number of carbonyl (C=O) groups excluding carboxylic acids is 1. The summed E-state index contributed by atoms with van der Waals surface area (Å²) in [6.07, 6.45) is 4.97. The maximum absolute atomic E-state index is 13.2. The second-order valence-electron chi connectivity index (χ2n) is 6.20. The summed E-state index contributed by atoms with van der Waals surface area (Å²) in [6.45, 7) is 0. The Hall–Kier alpha value is -3.91. The van der Waals surface area contributed by atoms with Gasteiger partial charge in [0.15, 0.2) is 0 Å². The predicted octanol–water partition coefficient (Wildman–Crippen LogP) is 2.94. The van der Waals surface area contributed by atoms with Crippen LogP contribution in [0.4, 0.5) is 4.39 Å². The third-order valence-corrected chi connectivity index (χ3v) is 4.30. The Morgan fingerprint density at radius 1 is 1.07 bits per heavy atom. The molecule has 3 heterocycles. The standard InChI is InChI=1S/C21H16FN5O2/c22-15-5-6-18(26-12-15)20(21(28)27-23)29-16-9-13-3-2-8-25-19(13)17(10-16)14-4-1-7-24-11-14/h1-12,20H,23H2,(H,27,28). The lowest BCUT2D eigenvalue weighted by molar-refractivity contribution is -0.128. The first kappa shape index (κ1) is 18.5. The number of carbonyl (C=O) groups is 1. The molecule has 8 heteroatoms. The van der Waals surface area contributed by atoms with E-state index < -0.39 is 17.8 Å². The van der Waals surface area contributed by atoms with Gasteiger partial charge in [-0.05, 0) is 36.4 Å². The van der Waals surface area contributed by atoms with Crippen LogP contribution >= 0.6 is 0 Å². The van der Waals surface area contributed by atoms with Crippen LogP contribution in [0, 0.1) is 5.82 Å². The van der Waals surface area contributed by atoms with Gasteiger partial charge in [0.05, 0.1) is 17.4 Å². The number of nitrogens with zero attached hydrogens (tertiary/aromatic N) is 3. The monoisotopic (exact) mass is 389 g/mol. The summed E-state index contributed by atoms with van der Waals surface area (Å²) in [5.74, 6) is 4.58. The van der Waals surface area contributed by atoms with Gasteiger partial charge < -0.3 is 4.74 Å². The van der Waals surface area contributed by atoms with Crippen LogP contribution in [0.5, 0.6) is 5.75 Å². The van der Waals surface area contributed by atoms with Crippen molar-refractivity contribution in [3.63, 3.8) is 0 Å². The summed E-state index contributed by atoms with van der Waals surface area (Å²) >= 11 is 0. The minimum Gasteiger partial charge on any atom is -0.474 e. The van der Waals surface area contributed by atoms with Gasteiger partial charge in [-0.1, -0.05) is 12.1 Å². The van der Waals surface area contributed by atoms with E-state index in [0.717, 1.165) is 28.2 Å². The molecule has 0 aliphatic heterocycles. The van der Waals surface area contributed by atoms with Crippen LogP contribution < -0.4 is 16.0 Å². The number of ether oxygens (including phenoxy) is 1. The highest BCUT2D eigenvalue weighted by atomic mass is 19.1. The predicted molar refractivity (Wildman–Crippen MR) is 105 cm³/mol. The first-order valence-corrected chi connectivity index (χ1v) is 8.73. The van der Waals surface area contributed by atoms with Crippen molar-refractivity contribution < 1.29 is 13.9 Å². The number of aromatic nitrogens is 3. The average molecular weight is 389 g/mol. The number of hydrazine groups is 1. The van der Waals surface area contributed by atoms with Gasteiger partial charge in [0.1, 0.15) is 11.6 Å². The summed E-state index contributed by atoms with van der Waals surface area (Å²) in [5, 5.41) is 0.822. The Morgan fingerprint density at radius 3 is 2.66 bits per heavy atom. The molecule has 4 rings (SSSR count). The lowest BCUT2D eigenvalue weighted by atomic mass is 10.0. The van der Waals surface area contributed by atoms with E-state index in [4.69, 9.17) is 10.6 Å². The molecule has 0 saturated heterocycles. The zero-order valence-corrected chi connectivity index (χ0v) is 15.1. The number of fused-ring (bicyclic) bond motifs is 1. The number of benzene rings is 1. The number of hydrogen-bond acceptors (Lipinski definition) is 6. The molecular weight excluding hydrogens is 373 g/mol. The van der Waals surface area contributed by atoms with Gasteiger partial charge in [-0.2, -0.15) is 0 Å². The van der Waals surface area contributed by atoms with Crippen molar-refractivity contribution in [1.29, 1.82) is 0 Å². The van der Waals surface area contributed by atoms with Crippen molar-refractivity contribution in [1.82, 2.24) is 20.4 Å². The Bertz CT molecular complexity index is 1150. The molecule has 144 valence electrons. The second-order valence-corrected chi connectivity index (χ2v) is 6.20. The molecule has 1 aromatic carbocycles. The average Bonchev–Trinajstić information content (AvgIpc) is 2.77. The van der Waals surface area contributed by atoms with E-state index in [-0.39, 0.29) is 5.69 Å². The smallest absolute Gasteiger partial charge is 0.281 e. The topological polar surface area (TPSA) is 103 Å².